The van der Waals surface area contributed by atoms with Crippen molar-refractivity contribution in [2.24, 2.45) is 0 Å². The molecule has 0 bridgehead atoms. The van der Waals surface area contributed by atoms with Crippen LogP contribution in [0.4, 0.5) is 0 Å². The van der Waals surface area contributed by atoms with Gasteiger partial charge in [-0.1, -0.05) is 36.0 Å². The molecule has 2 N–H and O–H groups in total. The Morgan fingerprint density at radius 2 is 1.79 bits per heavy atom. The Bertz CT molecular complexity index is 531. The predicted molar refractivity (Wildman–Crippen MR) is 75.2 cm³/mol. The average Bonchev–Trinajstić information content (AvgIpc) is 2.31. The summed E-state index contributed by atoms with van der Waals surface area (Å²) < 4.78 is 0. The van der Waals surface area contributed by atoms with Crippen molar-refractivity contribution in [1.29, 1.82) is 0 Å². The second-order valence-corrected chi connectivity index (χ2v) is 5.71. The molecule has 2 aromatic rings. The summed E-state index contributed by atoms with van der Waals surface area (Å²) >= 11 is 1.70. The van der Waals surface area contributed by atoms with E-state index in [0.29, 0.717) is 5.75 Å². The topological polar surface area (TPSA) is 24.7 Å². The van der Waals surface area contributed by atoms with Gasteiger partial charge in [0.15, 0.2) is 0 Å². The number of phenols is 1. The molecule has 0 aliphatic heterocycles. The van der Waals surface area contributed by atoms with Gasteiger partial charge < -0.3 is 22.4 Å². The molecule has 0 amide bonds. The van der Waals surface area contributed by atoms with E-state index in [0.717, 1.165) is 11.4 Å². The summed E-state index contributed by atoms with van der Waals surface area (Å²) in [6.07, 6.45) is 0. The molecule has 2 aromatic carbocycles. The monoisotopic (exact) mass is 295 g/mol. The number of hydrogen-bond acceptors (Lipinski definition) is 2. The third-order valence-corrected chi connectivity index (χ3v) is 3.67. The van der Waals surface area contributed by atoms with Gasteiger partial charge in [-0.15, -0.1) is 0 Å². The molecule has 0 aliphatic carbocycles. The standard InChI is InChI=1S/C15H17NOS.ClH/c1-16(2)11-12-6-3-4-9-15(12)18-14-8-5-7-13(17)10-14;/h3-10,17H,11H2,1-2H3;1H. The number of rotatable bonds is 4. The first-order valence-corrected chi connectivity index (χ1v) is 6.80. The van der Waals surface area contributed by atoms with Crippen molar-refractivity contribution in [3.63, 3.8) is 0 Å². The van der Waals surface area contributed by atoms with E-state index in [-0.39, 0.29) is 12.4 Å². The maximum Gasteiger partial charge on any atom is 0.116 e. The first-order chi connectivity index (χ1) is 8.65. The predicted octanol–water partition coefficient (Wildman–Crippen LogP) is -0.808. The Balaban J connectivity index is 0.00000180. The Kier molecular flexibility index (Phi) is 6.22. The maximum atomic E-state index is 9.49. The van der Waals surface area contributed by atoms with Crippen LogP contribution in [0.2, 0.25) is 0 Å². The summed E-state index contributed by atoms with van der Waals surface area (Å²) in [5.41, 5.74) is 1.34. The number of benzene rings is 2. The van der Waals surface area contributed by atoms with E-state index in [9.17, 15) is 5.11 Å². The molecule has 102 valence electrons. The second-order valence-electron chi connectivity index (χ2n) is 4.59. The minimum atomic E-state index is 0. The minimum absolute atomic E-state index is 0. The molecular formula is C15H18ClNOS. The van der Waals surface area contributed by atoms with E-state index >= 15 is 0 Å². The summed E-state index contributed by atoms with van der Waals surface area (Å²) in [7, 11) is 4.30. The van der Waals surface area contributed by atoms with E-state index in [2.05, 4.69) is 38.4 Å². The van der Waals surface area contributed by atoms with Gasteiger partial charge in [0.1, 0.15) is 12.3 Å². The van der Waals surface area contributed by atoms with Gasteiger partial charge in [-0.3, -0.25) is 0 Å². The fraction of sp³-hybridized carbons (Fsp3) is 0.200. The largest absolute Gasteiger partial charge is 1.00 e. The van der Waals surface area contributed by atoms with Crippen molar-refractivity contribution < 1.29 is 22.4 Å². The first-order valence-electron chi connectivity index (χ1n) is 5.99. The lowest BCUT2D eigenvalue weighted by Crippen LogP contribution is -3.04. The molecule has 0 spiro atoms. The Morgan fingerprint density at radius 3 is 2.47 bits per heavy atom. The summed E-state index contributed by atoms with van der Waals surface area (Å²) in [6, 6.07) is 15.8. The molecule has 0 heterocycles. The molecule has 0 aliphatic rings. The molecule has 19 heavy (non-hydrogen) atoms. The van der Waals surface area contributed by atoms with Gasteiger partial charge in [0.05, 0.1) is 14.1 Å². The van der Waals surface area contributed by atoms with Crippen LogP contribution in [0.1, 0.15) is 5.56 Å². The average molecular weight is 296 g/mol. The zero-order chi connectivity index (χ0) is 13.0. The highest BCUT2D eigenvalue weighted by Gasteiger charge is 2.07. The zero-order valence-electron chi connectivity index (χ0n) is 11.1. The molecule has 0 saturated carbocycles. The third-order valence-electron chi connectivity index (χ3n) is 2.56. The summed E-state index contributed by atoms with van der Waals surface area (Å²) in [6.45, 7) is 1.00. The normalized spacial score (nSPS) is 10.3. The van der Waals surface area contributed by atoms with E-state index in [1.165, 1.54) is 15.4 Å². The van der Waals surface area contributed by atoms with Crippen LogP contribution >= 0.6 is 11.8 Å². The number of nitrogens with one attached hydrogen (secondary N) is 1. The van der Waals surface area contributed by atoms with Crippen LogP contribution in [0, 0.1) is 0 Å². The second kappa shape index (κ2) is 7.43. The van der Waals surface area contributed by atoms with Crippen LogP contribution in [0.15, 0.2) is 58.3 Å². The molecule has 0 radical (unpaired) electrons. The van der Waals surface area contributed by atoms with E-state index in [1.54, 1.807) is 23.9 Å². The van der Waals surface area contributed by atoms with Crippen molar-refractivity contribution in [3.8, 4) is 5.75 Å². The van der Waals surface area contributed by atoms with Crippen LogP contribution in [-0.4, -0.2) is 19.2 Å². The quantitative estimate of drug-likeness (QED) is 0.771. The molecular weight excluding hydrogens is 278 g/mol. The molecule has 0 fully saturated rings. The first kappa shape index (κ1) is 15.9. The zero-order valence-corrected chi connectivity index (χ0v) is 12.6. The lowest BCUT2D eigenvalue weighted by molar-refractivity contribution is -0.872. The summed E-state index contributed by atoms with van der Waals surface area (Å²) in [5.74, 6) is 0.315. The highest BCUT2D eigenvalue weighted by atomic mass is 35.5. The number of hydrogen-bond donors (Lipinski definition) is 2. The molecule has 0 atom stereocenters. The number of quaternary nitrogens is 1. The summed E-state index contributed by atoms with van der Waals surface area (Å²) in [5, 5.41) is 9.49. The van der Waals surface area contributed by atoms with Crippen LogP contribution in [0.25, 0.3) is 0 Å². The smallest absolute Gasteiger partial charge is 0.116 e. The maximum absolute atomic E-state index is 9.49. The molecule has 2 rings (SSSR count). The van der Waals surface area contributed by atoms with E-state index < -0.39 is 0 Å². The molecule has 4 heteroatoms. The Labute approximate surface area is 124 Å². The molecule has 0 saturated heterocycles. The fourth-order valence-corrected chi connectivity index (χ4v) is 2.80. The SMILES string of the molecule is C[NH+](C)Cc1ccccc1Sc1cccc(O)c1.[Cl-]. The van der Waals surface area contributed by atoms with Gasteiger partial charge in [0.2, 0.25) is 0 Å². The highest BCUT2D eigenvalue weighted by Crippen LogP contribution is 2.31. The lowest BCUT2D eigenvalue weighted by Gasteiger charge is -2.11. The van der Waals surface area contributed by atoms with E-state index in [4.69, 9.17) is 0 Å². The third kappa shape index (κ3) is 4.78. The van der Waals surface area contributed by atoms with Crippen LogP contribution in [-0.2, 0) is 6.54 Å². The van der Waals surface area contributed by atoms with Crippen LogP contribution in [0.3, 0.4) is 0 Å². The van der Waals surface area contributed by atoms with Gasteiger partial charge in [-0.25, -0.2) is 0 Å². The van der Waals surface area contributed by atoms with Gasteiger partial charge in [-0.05, 0) is 24.3 Å². The van der Waals surface area contributed by atoms with Gasteiger partial charge >= 0.3 is 0 Å². The van der Waals surface area contributed by atoms with Gasteiger partial charge in [-0.2, -0.15) is 0 Å². The number of phenolic OH excluding ortho intramolecular Hbond substituents is 1. The van der Waals surface area contributed by atoms with Crippen molar-refractivity contribution in [1.82, 2.24) is 0 Å². The van der Waals surface area contributed by atoms with Crippen LogP contribution < -0.4 is 17.3 Å². The van der Waals surface area contributed by atoms with Crippen molar-refractivity contribution >= 4 is 11.8 Å². The molecule has 2 nitrogen and oxygen atoms in total. The van der Waals surface area contributed by atoms with Crippen LogP contribution in [0.5, 0.6) is 5.75 Å². The van der Waals surface area contributed by atoms with Crippen molar-refractivity contribution in [2.45, 2.75) is 16.3 Å². The van der Waals surface area contributed by atoms with Crippen molar-refractivity contribution in [2.75, 3.05) is 14.1 Å². The van der Waals surface area contributed by atoms with E-state index in [1.807, 2.05) is 12.1 Å². The minimum Gasteiger partial charge on any atom is -1.00 e. The molecule has 0 aromatic heterocycles. The Morgan fingerprint density at radius 1 is 1.05 bits per heavy atom. The molecule has 0 unspecified atom stereocenters. The van der Waals surface area contributed by atoms with Gasteiger partial charge in [0, 0.05) is 15.4 Å². The number of aromatic hydroxyl groups is 1. The lowest BCUT2D eigenvalue weighted by atomic mass is 10.2. The number of halogens is 1. The highest BCUT2D eigenvalue weighted by molar-refractivity contribution is 7.99. The fourth-order valence-electron chi connectivity index (χ4n) is 1.80. The van der Waals surface area contributed by atoms with Crippen molar-refractivity contribution in [3.05, 3.63) is 54.1 Å². The Hall–Kier alpha value is -1.16. The van der Waals surface area contributed by atoms with Gasteiger partial charge in [0.25, 0.3) is 0 Å². The summed E-state index contributed by atoms with van der Waals surface area (Å²) in [4.78, 5) is 3.72.